The zero-order valence-electron chi connectivity index (χ0n) is 30.7. The topological polar surface area (TPSA) is 43.6 Å². The standard InChI is InChI=1S/C51H36N4S/c1-4-15-32(16-5-1)35-21-14-24-45-47(35)38-26-25-34(29-46(38)56-45)49-52-48(33-17-6-2-7-18-33)53-50(54-49)55-43-23-11-9-20-37(43)40-30-39-36-19-8-10-22-41(36)51(27-12-3-13-28-51)42(39)31-44(40)55/h1-2,4-11,14-26,29-31H,3,12-13,27-28H2. The highest BCUT2D eigenvalue weighted by molar-refractivity contribution is 7.26. The van der Waals surface area contributed by atoms with Gasteiger partial charge in [-0.2, -0.15) is 9.97 Å². The molecule has 0 amide bonds. The highest BCUT2D eigenvalue weighted by atomic mass is 32.1. The molecule has 10 aromatic rings. The third-order valence-electron chi connectivity index (χ3n) is 12.5. The normalized spacial score (nSPS) is 14.6. The molecule has 0 N–H and O–H groups in total. The fourth-order valence-corrected chi connectivity index (χ4v) is 11.1. The summed E-state index contributed by atoms with van der Waals surface area (Å²) in [6.45, 7) is 0. The molecule has 0 aliphatic heterocycles. The van der Waals surface area contributed by atoms with Gasteiger partial charge in [0.1, 0.15) is 0 Å². The first-order valence-corrected chi connectivity index (χ1v) is 20.6. The van der Waals surface area contributed by atoms with Crippen molar-refractivity contribution in [3.05, 3.63) is 169 Å². The van der Waals surface area contributed by atoms with Crippen LogP contribution in [0.15, 0.2) is 158 Å². The summed E-state index contributed by atoms with van der Waals surface area (Å²) in [5, 5.41) is 4.98. The minimum absolute atomic E-state index is 0.0408. The molecule has 1 saturated carbocycles. The van der Waals surface area contributed by atoms with Crippen LogP contribution in [-0.4, -0.2) is 19.5 Å². The van der Waals surface area contributed by atoms with Gasteiger partial charge in [0, 0.05) is 47.5 Å². The predicted octanol–water partition coefficient (Wildman–Crippen LogP) is 13.6. The van der Waals surface area contributed by atoms with Gasteiger partial charge in [-0.1, -0.05) is 147 Å². The monoisotopic (exact) mass is 736 g/mol. The largest absolute Gasteiger partial charge is 0.278 e. The maximum atomic E-state index is 5.38. The van der Waals surface area contributed by atoms with Crippen LogP contribution in [0, 0.1) is 0 Å². The molecule has 0 bridgehead atoms. The third kappa shape index (κ3) is 4.67. The van der Waals surface area contributed by atoms with Crippen LogP contribution in [-0.2, 0) is 5.41 Å². The summed E-state index contributed by atoms with van der Waals surface area (Å²) in [6.07, 6.45) is 6.18. The first-order chi connectivity index (χ1) is 27.7. The average molecular weight is 737 g/mol. The molecule has 4 nitrogen and oxygen atoms in total. The van der Waals surface area contributed by atoms with Crippen molar-refractivity contribution in [1.82, 2.24) is 19.5 Å². The second-order valence-electron chi connectivity index (χ2n) is 15.5. The number of hydrogen-bond acceptors (Lipinski definition) is 4. The van der Waals surface area contributed by atoms with Gasteiger partial charge in [0.25, 0.3) is 0 Å². The van der Waals surface area contributed by atoms with E-state index in [1.165, 1.54) is 96.4 Å². The van der Waals surface area contributed by atoms with E-state index in [9.17, 15) is 0 Å². The summed E-state index contributed by atoms with van der Waals surface area (Å²) in [5.74, 6) is 1.97. The quantitative estimate of drug-likeness (QED) is 0.181. The minimum atomic E-state index is 0.0408. The van der Waals surface area contributed by atoms with E-state index in [2.05, 4.69) is 156 Å². The fraction of sp³-hybridized carbons (Fsp3) is 0.118. The zero-order chi connectivity index (χ0) is 36.8. The third-order valence-corrected chi connectivity index (χ3v) is 13.6. The SMILES string of the molecule is c1ccc(-c2nc(-c3ccc4c(c3)sc3cccc(-c5ccccc5)c34)nc(-n3c4ccccc4c4cc5c(cc43)C3(CCCCC3)c3ccccc3-5)n2)cc1. The van der Waals surface area contributed by atoms with Crippen LogP contribution in [0.5, 0.6) is 0 Å². The average Bonchev–Trinajstić information content (AvgIpc) is 3.89. The van der Waals surface area contributed by atoms with Crippen molar-refractivity contribution in [3.8, 4) is 51.0 Å². The lowest BCUT2D eigenvalue weighted by Gasteiger charge is -2.36. The molecule has 0 atom stereocenters. The molecule has 1 spiro atoms. The Hall–Kier alpha value is -6.43. The molecule has 56 heavy (non-hydrogen) atoms. The Morgan fingerprint density at radius 2 is 1.16 bits per heavy atom. The van der Waals surface area contributed by atoms with Gasteiger partial charge in [-0.25, -0.2) is 4.98 Å². The van der Waals surface area contributed by atoms with Crippen molar-refractivity contribution >= 4 is 53.3 Å². The summed E-state index contributed by atoms with van der Waals surface area (Å²) in [7, 11) is 0. The van der Waals surface area contributed by atoms with E-state index in [0.29, 0.717) is 17.6 Å². The maximum absolute atomic E-state index is 5.38. The lowest BCUT2D eigenvalue weighted by Crippen LogP contribution is -2.28. The summed E-state index contributed by atoms with van der Waals surface area (Å²) >= 11 is 1.83. The van der Waals surface area contributed by atoms with Gasteiger partial charge in [-0.15, -0.1) is 11.3 Å². The van der Waals surface area contributed by atoms with Crippen LogP contribution >= 0.6 is 11.3 Å². The second kappa shape index (κ2) is 12.3. The lowest BCUT2D eigenvalue weighted by atomic mass is 9.68. The molecule has 0 unspecified atom stereocenters. The van der Waals surface area contributed by atoms with Crippen LogP contribution in [0.2, 0.25) is 0 Å². The molecule has 2 aliphatic carbocycles. The van der Waals surface area contributed by atoms with Gasteiger partial charge in [0.05, 0.1) is 11.0 Å². The first kappa shape index (κ1) is 31.9. The summed E-state index contributed by atoms with van der Waals surface area (Å²) in [4.78, 5) is 15.9. The molecule has 3 aromatic heterocycles. The Labute approximate surface area is 328 Å². The number of benzene rings is 7. The fourth-order valence-electron chi connectivity index (χ4n) is 9.96. The number of rotatable bonds is 4. The van der Waals surface area contributed by atoms with Crippen LogP contribution < -0.4 is 0 Å². The van der Waals surface area contributed by atoms with Crippen molar-refractivity contribution in [2.75, 3.05) is 0 Å². The van der Waals surface area contributed by atoms with Crippen molar-refractivity contribution in [2.45, 2.75) is 37.5 Å². The smallest absolute Gasteiger partial charge is 0.238 e. The van der Waals surface area contributed by atoms with Gasteiger partial charge in [0.15, 0.2) is 11.6 Å². The van der Waals surface area contributed by atoms with E-state index in [1.54, 1.807) is 0 Å². The number of hydrogen-bond donors (Lipinski definition) is 0. The van der Waals surface area contributed by atoms with Crippen LogP contribution in [0.25, 0.3) is 93.0 Å². The summed E-state index contributed by atoms with van der Waals surface area (Å²) in [6, 6.07) is 57.2. The van der Waals surface area contributed by atoms with Crippen LogP contribution in [0.3, 0.4) is 0 Å². The van der Waals surface area contributed by atoms with Crippen LogP contribution in [0.1, 0.15) is 43.2 Å². The molecule has 12 rings (SSSR count). The molecule has 5 heteroatoms. The van der Waals surface area contributed by atoms with E-state index in [4.69, 9.17) is 15.0 Å². The Morgan fingerprint density at radius 1 is 0.446 bits per heavy atom. The molecular formula is C51H36N4S. The van der Waals surface area contributed by atoms with Crippen molar-refractivity contribution in [1.29, 1.82) is 0 Å². The molecule has 0 radical (unpaired) electrons. The molecular weight excluding hydrogens is 701 g/mol. The Bertz CT molecular complexity index is 3170. The van der Waals surface area contributed by atoms with Crippen molar-refractivity contribution in [3.63, 3.8) is 0 Å². The highest BCUT2D eigenvalue weighted by Crippen LogP contribution is 2.57. The molecule has 266 valence electrons. The number of aromatic nitrogens is 4. The van der Waals surface area contributed by atoms with Crippen LogP contribution in [0.4, 0.5) is 0 Å². The van der Waals surface area contributed by atoms with E-state index in [0.717, 1.165) is 22.2 Å². The van der Waals surface area contributed by atoms with Gasteiger partial charge < -0.3 is 0 Å². The van der Waals surface area contributed by atoms with E-state index in [1.807, 2.05) is 17.4 Å². The van der Waals surface area contributed by atoms with Gasteiger partial charge in [-0.3, -0.25) is 4.57 Å². The van der Waals surface area contributed by atoms with Gasteiger partial charge in [-0.05, 0) is 76.6 Å². The zero-order valence-corrected chi connectivity index (χ0v) is 31.6. The molecule has 0 saturated heterocycles. The Balaban J connectivity index is 1.10. The summed E-state index contributed by atoms with van der Waals surface area (Å²) < 4.78 is 4.79. The first-order valence-electron chi connectivity index (χ1n) is 19.7. The van der Waals surface area contributed by atoms with Crippen molar-refractivity contribution in [2.24, 2.45) is 0 Å². The molecule has 3 heterocycles. The highest BCUT2D eigenvalue weighted by Gasteiger charge is 2.44. The molecule has 2 aliphatic rings. The molecule has 7 aromatic carbocycles. The van der Waals surface area contributed by atoms with E-state index < -0.39 is 0 Å². The maximum Gasteiger partial charge on any atom is 0.238 e. The predicted molar refractivity (Wildman–Crippen MR) is 233 cm³/mol. The summed E-state index contributed by atoms with van der Waals surface area (Å²) in [5.41, 5.74) is 12.4. The van der Waals surface area contributed by atoms with Gasteiger partial charge >= 0.3 is 0 Å². The van der Waals surface area contributed by atoms with E-state index >= 15 is 0 Å². The Kier molecular flexibility index (Phi) is 6.99. The lowest BCUT2D eigenvalue weighted by molar-refractivity contribution is 0.353. The second-order valence-corrected chi connectivity index (χ2v) is 16.5. The number of fused-ring (bicyclic) bond motifs is 11. The Morgan fingerprint density at radius 3 is 2.00 bits per heavy atom. The number of thiophene rings is 1. The number of nitrogens with zero attached hydrogens (tertiary/aromatic N) is 4. The van der Waals surface area contributed by atoms with Crippen molar-refractivity contribution < 1.29 is 0 Å². The minimum Gasteiger partial charge on any atom is -0.278 e. The van der Waals surface area contributed by atoms with E-state index in [-0.39, 0.29) is 5.41 Å². The number of para-hydroxylation sites is 1. The van der Waals surface area contributed by atoms with Gasteiger partial charge in [0.2, 0.25) is 5.95 Å². The molecule has 1 fully saturated rings.